The van der Waals surface area contributed by atoms with Crippen LogP contribution in [0.3, 0.4) is 0 Å². The summed E-state index contributed by atoms with van der Waals surface area (Å²) in [6.07, 6.45) is 3.66. The van der Waals surface area contributed by atoms with Crippen LogP contribution < -0.4 is 10.6 Å². The molecule has 17 heavy (non-hydrogen) atoms. The zero-order valence-electron chi connectivity index (χ0n) is 9.76. The third-order valence-electron chi connectivity index (χ3n) is 3.25. The number of piperidine rings is 1. The van der Waals surface area contributed by atoms with Crippen molar-refractivity contribution in [1.82, 2.24) is 4.98 Å². The fourth-order valence-electron chi connectivity index (χ4n) is 2.10. The highest BCUT2D eigenvalue weighted by Gasteiger charge is 2.19. The maximum atomic E-state index is 9.09. The number of nitrogens with one attached hydrogen (secondary N) is 1. The molecule has 1 aliphatic rings. The van der Waals surface area contributed by atoms with Crippen molar-refractivity contribution in [3.63, 3.8) is 0 Å². The van der Waals surface area contributed by atoms with E-state index in [4.69, 9.17) is 16.2 Å². The van der Waals surface area contributed by atoms with Crippen molar-refractivity contribution < 1.29 is 5.11 Å². The number of nitrogens with zero attached hydrogens (tertiary/aromatic N) is 2. The second-order valence-corrected chi connectivity index (χ2v) is 4.43. The van der Waals surface area contributed by atoms with Gasteiger partial charge in [0.1, 0.15) is 11.7 Å². The maximum Gasteiger partial charge on any atom is 0.129 e. The standard InChI is InChI=1S/C12H18N4O/c13-12(14)10-1-4-15-11(7-10)16-5-2-9(8-17)3-6-16/h1,4,7,9,17H,2-3,5-6,8H2,(H3,13,14). The summed E-state index contributed by atoms with van der Waals surface area (Å²) in [7, 11) is 0. The van der Waals surface area contributed by atoms with Gasteiger partial charge in [0.05, 0.1) is 0 Å². The van der Waals surface area contributed by atoms with Crippen molar-refractivity contribution >= 4 is 11.7 Å². The zero-order chi connectivity index (χ0) is 12.3. The molecule has 0 radical (unpaired) electrons. The number of amidine groups is 1. The molecule has 1 aliphatic heterocycles. The Morgan fingerprint density at radius 1 is 1.53 bits per heavy atom. The minimum absolute atomic E-state index is 0.0684. The van der Waals surface area contributed by atoms with Gasteiger partial charge in [0, 0.05) is 31.5 Å². The van der Waals surface area contributed by atoms with E-state index >= 15 is 0 Å². The number of nitrogen functional groups attached to an aromatic ring is 1. The Bertz CT molecular complexity index is 399. The molecule has 0 atom stereocenters. The lowest BCUT2D eigenvalue weighted by Gasteiger charge is -2.32. The summed E-state index contributed by atoms with van der Waals surface area (Å²) in [5, 5.41) is 16.5. The van der Waals surface area contributed by atoms with Crippen LogP contribution >= 0.6 is 0 Å². The number of aliphatic hydroxyl groups excluding tert-OH is 1. The first kappa shape index (κ1) is 11.9. The van der Waals surface area contributed by atoms with Crippen LogP contribution in [0.2, 0.25) is 0 Å². The average molecular weight is 234 g/mol. The van der Waals surface area contributed by atoms with Crippen LogP contribution in [0.1, 0.15) is 18.4 Å². The number of aliphatic hydroxyl groups is 1. The minimum atomic E-state index is 0.0684. The Morgan fingerprint density at radius 3 is 2.82 bits per heavy atom. The smallest absolute Gasteiger partial charge is 0.129 e. The van der Waals surface area contributed by atoms with Crippen LogP contribution in [-0.2, 0) is 0 Å². The number of pyridine rings is 1. The summed E-state index contributed by atoms with van der Waals surface area (Å²) in [5.74, 6) is 1.36. The van der Waals surface area contributed by atoms with Gasteiger partial charge in [-0.1, -0.05) is 0 Å². The topological polar surface area (TPSA) is 86.2 Å². The Kier molecular flexibility index (Phi) is 3.58. The van der Waals surface area contributed by atoms with Crippen LogP contribution in [0.4, 0.5) is 5.82 Å². The number of aromatic nitrogens is 1. The lowest BCUT2D eigenvalue weighted by atomic mass is 9.98. The van der Waals surface area contributed by atoms with Crippen LogP contribution in [0.5, 0.6) is 0 Å². The minimum Gasteiger partial charge on any atom is -0.396 e. The van der Waals surface area contributed by atoms with E-state index in [2.05, 4.69) is 9.88 Å². The summed E-state index contributed by atoms with van der Waals surface area (Å²) in [5.41, 5.74) is 6.17. The summed E-state index contributed by atoms with van der Waals surface area (Å²) in [4.78, 5) is 6.49. The molecule has 2 heterocycles. The summed E-state index contributed by atoms with van der Waals surface area (Å²) >= 11 is 0. The van der Waals surface area contributed by atoms with Gasteiger partial charge in [0.25, 0.3) is 0 Å². The molecule has 0 unspecified atom stereocenters. The van der Waals surface area contributed by atoms with E-state index in [9.17, 15) is 0 Å². The van der Waals surface area contributed by atoms with Crippen LogP contribution in [0, 0.1) is 11.3 Å². The molecule has 0 spiro atoms. The number of hydrogen-bond acceptors (Lipinski definition) is 4. The second-order valence-electron chi connectivity index (χ2n) is 4.43. The van der Waals surface area contributed by atoms with Gasteiger partial charge in [-0.3, -0.25) is 5.41 Å². The molecule has 0 amide bonds. The number of rotatable bonds is 3. The molecule has 5 nitrogen and oxygen atoms in total. The van der Waals surface area contributed by atoms with E-state index in [1.54, 1.807) is 12.3 Å². The van der Waals surface area contributed by atoms with Gasteiger partial charge >= 0.3 is 0 Å². The third-order valence-corrected chi connectivity index (χ3v) is 3.25. The molecule has 1 aromatic rings. The number of anilines is 1. The first-order valence-corrected chi connectivity index (χ1v) is 5.87. The Hall–Kier alpha value is -1.62. The summed E-state index contributed by atoms with van der Waals surface area (Å²) in [6, 6.07) is 3.59. The molecule has 0 saturated carbocycles. The first-order valence-electron chi connectivity index (χ1n) is 5.87. The fraction of sp³-hybridized carbons (Fsp3) is 0.500. The first-order chi connectivity index (χ1) is 8.20. The van der Waals surface area contributed by atoms with E-state index in [-0.39, 0.29) is 12.4 Å². The normalized spacial score (nSPS) is 17.1. The van der Waals surface area contributed by atoms with Crippen LogP contribution in [-0.4, -0.2) is 35.6 Å². The highest BCUT2D eigenvalue weighted by molar-refractivity contribution is 5.95. The van der Waals surface area contributed by atoms with E-state index in [0.717, 1.165) is 31.7 Å². The summed E-state index contributed by atoms with van der Waals surface area (Å²) in [6.45, 7) is 2.08. The Morgan fingerprint density at radius 2 is 2.24 bits per heavy atom. The van der Waals surface area contributed by atoms with Crippen molar-refractivity contribution in [1.29, 1.82) is 5.41 Å². The lowest BCUT2D eigenvalue weighted by Crippen LogP contribution is -2.35. The van der Waals surface area contributed by atoms with Crippen LogP contribution in [0.25, 0.3) is 0 Å². The van der Waals surface area contributed by atoms with Gasteiger partial charge in [0.2, 0.25) is 0 Å². The molecule has 0 aliphatic carbocycles. The van der Waals surface area contributed by atoms with E-state index < -0.39 is 0 Å². The van der Waals surface area contributed by atoms with Gasteiger partial charge in [0.15, 0.2) is 0 Å². The highest BCUT2D eigenvalue weighted by Crippen LogP contribution is 2.21. The molecule has 2 rings (SSSR count). The van der Waals surface area contributed by atoms with Crippen molar-refractivity contribution in [3.05, 3.63) is 23.9 Å². The quantitative estimate of drug-likeness (QED) is 0.527. The fourth-order valence-corrected chi connectivity index (χ4v) is 2.10. The van der Waals surface area contributed by atoms with Crippen LogP contribution in [0.15, 0.2) is 18.3 Å². The molecule has 1 fully saturated rings. The van der Waals surface area contributed by atoms with Crippen molar-refractivity contribution in [2.45, 2.75) is 12.8 Å². The second kappa shape index (κ2) is 5.14. The maximum absolute atomic E-state index is 9.09. The Balaban J connectivity index is 2.08. The summed E-state index contributed by atoms with van der Waals surface area (Å²) < 4.78 is 0. The molecule has 92 valence electrons. The number of hydrogen-bond donors (Lipinski definition) is 3. The molecule has 0 aromatic carbocycles. The van der Waals surface area contributed by atoms with E-state index in [1.807, 2.05) is 6.07 Å². The number of nitrogens with two attached hydrogens (primary N) is 1. The van der Waals surface area contributed by atoms with E-state index in [1.165, 1.54) is 0 Å². The molecular weight excluding hydrogens is 216 g/mol. The monoisotopic (exact) mass is 234 g/mol. The van der Waals surface area contributed by atoms with Gasteiger partial charge in [-0.2, -0.15) is 0 Å². The molecule has 4 N–H and O–H groups in total. The van der Waals surface area contributed by atoms with Crippen molar-refractivity contribution in [2.24, 2.45) is 11.7 Å². The third kappa shape index (κ3) is 2.74. The predicted molar refractivity (Wildman–Crippen MR) is 67.3 cm³/mol. The van der Waals surface area contributed by atoms with Crippen molar-refractivity contribution in [3.8, 4) is 0 Å². The molecule has 5 heteroatoms. The SMILES string of the molecule is N=C(N)c1ccnc(N2CCC(CO)CC2)c1. The van der Waals surface area contributed by atoms with Gasteiger partial charge < -0.3 is 15.7 Å². The predicted octanol–water partition coefficient (Wildman–Crippen LogP) is 0.574. The van der Waals surface area contributed by atoms with Gasteiger partial charge in [-0.05, 0) is 30.9 Å². The van der Waals surface area contributed by atoms with Gasteiger partial charge in [-0.25, -0.2) is 4.98 Å². The highest BCUT2D eigenvalue weighted by atomic mass is 16.3. The largest absolute Gasteiger partial charge is 0.396 e. The molecule has 0 bridgehead atoms. The molecule has 1 aromatic heterocycles. The Labute approximate surface area is 101 Å². The lowest BCUT2D eigenvalue weighted by molar-refractivity contribution is 0.203. The zero-order valence-corrected chi connectivity index (χ0v) is 9.76. The average Bonchev–Trinajstić information content (AvgIpc) is 2.39. The molecular formula is C12H18N4O. The molecule has 1 saturated heterocycles. The van der Waals surface area contributed by atoms with Gasteiger partial charge in [-0.15, -0.1) is 0 Å². The van der Waals surface area contributed by atoms with E-state index in [0.29, 0.717) is 11.5 Å². The van der Waals surface area contributed by atoms with Crippen molar-refractivity contribution in [2.75, 3.05) is 24.6 Å².